The largest absolute Gasteiger partial charge is 0.505 e. The standard InChI is InChI=1S/C29H41NO4/c1-3-4-5-6-7-8-9-10-11-12-13-14-18-21-26(32)27-28(33)25(30(23(2)31)29(27)34)22-24-19-16-15-17-20-24/h15-17,19-20,22,33H,3-14,18,21H2,1-2H3/b25-22+. The molecule has 186 valence electrons. The van der Waals surface area contributed by atoms with Crippen LogP contribution in [0.4, 0.5) is 0 Å². The molecule has 0 spiro atoms. The van der Waals surface area contributed by atoms with E-state index in [9.17, 15) is 19.5 Å². The fourth-order valence-corrected chi connectivity index (χ4v) is 4.39. The van der Waals surface area contributed by atoms with Crippen LogP contribution in [0.5, 0.6) is 0 Å². The number of hydrogen-bond donors (Lipinski definition) is 1. The van der Waals surface area contributed by atoms with Crippen molar-refractivity contribution in [1.29, 1.82) is 0 Å². The van der Waals surface area contributed by atoms with E-state index in [1.165, 1.54) is 71.1 Å². The number of carbonyl (C=O) groups is 3. The Morgan fingerprint density at radius 3 is 1.82 bits per heavy atom. The van der Waals surface area contributed by atoms with Crippen molar-refractivity contribution in [1.82, 2.24) is 4.90 Å². The van der Waals surface area contributed by atoms with Crippen molar-refractivity contribution in [3.8, 4) is 0 Å². The van der Waals surface area contributed by atoms with E-state index in [0.29, 0.717) is 6.42 Å². The van der Waals surface area contributed by atoms with Crippen molar-refractivity contribution in [2.75, 3.05) is 0 Å². The number of rotatable bonds is 16. The molecule has 1 heterocycles. The Hall–Kier alpha value is -2.69. The number of amides is 2. The van der Waals surface area contributed by atoms with Crippen LogP contribution in [0.1, 0.15) is 109 Å². The number of aliphatic hydroxyl groups is 1. The lowest BCUT2D eigenvalue weighted by atomic mass is 10.0. The van der Waals surface area contributed by atoms with Gasteiger partial charge in [-0.1, -0.05) is 114 Å². The lowest BCUT2D eigenvalue weighted by Gasteiger charge is -2.14. The quantitative estimate of drug-likeness (QED) is 0.205. The van der Waals surface area contributed by atoms with E-state index in [1.54, 1.807) is 18.2 Å². The molecule has 0 bridgehead atoms. The van der Waals surface area contributed by atoms with Crippen LogP contribution in [-0.4, -0.2) is 27.6 Å². The zero-order chi connectivity index (χ0) is 24.8. The molecule has 0 saturated heterocycles. The number of imide groups is 1. The number of hydrogen-bond acceptors (Lipinski definition) is 4. The molecule has 1 aromatic carbocycles. The molecule has 1 aliphatic rings. The molecule has 1 aromatic rings. The molecule has 34 heavy (non-hydrogen) atoms. The highest BCUT2D eigenvalue weighted by molar-refractivity contribution is 6.26. The third kappa shape index (κ3) is 8.58. The van der Waals surface area contributed by atoms with Gasteiger partial charge in [-0.25, -0.2) is 4.90 Å². The molecule has 0 aromatic heterocycles. The van der Waals surface area contributed by atoms with Crippen molar-refractivity contribution < 1.29 is 19.5 Å². The third-order valence-electron chi connectivity index (χ3n) is 6.34. The molecule has 0 radical (unpaired) electrons. The van der Waals surface area contributed by atoms with Gasteiger partial charge >= 0.3 is 0 Å². The number of carbonyl (C=O) groups excluding carboxylic acids is 3. The average molecular weight is 468 g/mol. The topological polar surface area (TPSA) is 74.7 Å². The van der Waals surface area contributed by atoms with Gasteiger partial charge in [-0.15, -0.1) is 0 Å². The monoisotopic (exact) mass is 467 g/mol. The summed E-state index contributed by atoms with van der Waals surface area (Å²) in [4.78, 5) is 38.4. The zero-order valence-corrected chi connectivity index (χ0v) is 21.0. The molecule has 2 amide bonds. The van der Waals surface area contributed by atoms with E-state index in [4.69, 9.17) is 0 Å². The van der Waals surface area contributed by atoms with E-state index in [-0.39, 0.29) is 17.7 Å². The number of benzene rings is 1. The van der Waals surface area contributed by atoms with Gasteiger partial charge in [0.15, 0.2) is 11.5 Å². The van der Waals surface area contributed by atoms with E-state index in [0.717, 1.165) is 23.3 Å². The fourth-order valence-electron chi connectivity index (χ4n) is 4.39. The average Bonchev–Trinajstić information content (AvgIpc) is 3.06. The second kappa shape index (κ2) is 15.3. The molecule has 1 aliphatic heterocycles. The molecular weight excluding hydrogens is 426 g/mol. The van der Waals surface area contributed by atoms with E-state index in [1.807, 2.05) is 18.2 Å². The summed E-state index contributed by atoms with van der Waals surface area (Å²) in [6, 6.07) is 9.10. The van der Waals surface area contributed by atoms with Gasteiger partial charge < -0.3 is 5.11 Å². The number of nitrogens with zero attached hydrogens (tertiary/aromatic N) is 1. The van der Waals surface area contributed by atoms with Gasteiger partial charge in [0.2, 0.25) is 5.91 Å². The molecule has 5 heteroatoms. The Morgan fingerprint density at radius 2 is 1.32 bits per heavy atom. The predicted molar refractivity (Wildman–Crippen MR) is 137 cm³/mol. The maximum atomic E-state index is 12.8. The van der Waals surface area contributed by atoms with E-state index in [2.05, 4.69) is 6.92 Å². The smallest absolute Gasteiger partial charge is 0.272 e. The van der Waals surface area contributed by atoms with Crippen molar-refractivity contribution in [2.24, 2.45) is 0 Å². The number of ketones is 1. The Kier molecular flexibility index (Phi) is 12.4. The van der Waals surface area contributed by atoms with Crippen molar-refractivity contribution >= 4 is 23.7 Å². The SMILES string of the molecule is CCCCCCCCCCCCCCCC(=O)C1=C(O)/C(=C\c2ccccc2)N(C(C)=O)C1=O. The minimum Gasteiger partial charge on any atom is -0.505 e. The highest BCUT2D eigenvalue weighted by atomic mass is 16.3. The fraction of sp³-hybridized carbons (Fsp3) is 0.552. The summed E-state index contributed by atoms with van der Waals surface area (Å²) >= 11 is 0. The predicted octanol–water partition coefficient (Wildman–Crippen LogP) is 7.28. The van der Waals surface area contributed by atoms with Gasteiger partial charge in [-0.3, -0.25) is 14.4 Å². The lowest BCUT2D eigenvalue weighted by Crippen LogP contribution is -2.31. The summed E-state index contributed by atoms with van der Waals surface area (Å²) in [7, 11) is 0. The van der Waals surface area contributed by atoms with Gasteiger partial charge in [0, 0.05) is 13.3 Å². The molecule has 2 rings (SSSR count). The van der Waals surface area contributed by atoms with Crippen LogP contribution in [0.15, 0.2) is 47.4 Å². The summed E-state index contributed by atoms with van der Waals surface area (Å²) in [6.07, 6.45) is 17.5. The first-order valence-corrected chi connectivity index (χ1v) is 13.1. The molecule has 0 unspecified atom stereocenters. The third-order valence-corrected chi connectivity index (χ3v) is 6.34. The second-order valence-corrected chi connectivity index (χ2v) is 9.24. The molecular formula is C29H41NO4. The lowest BCUT2D eigenvalue weighted by molar-refractivity contribution is -0.138. The summed E-state index contributed by atoms with van der Waals surface area (Å²) in [5.41, 5.74) is 0.530. The molecule has 0 saturated carbocycles. The number of unbranched alkanes of at least 4 members (excludes halogenated alkanes) is 12. The summed E-state index contributed by atoms with van der Waals surface area (Å²) in [6.45, 7) is 3.50. The second-order valence-electron chi connectivity index (χ2n) is 9.24. The zero-order valence-electron chi connectivity index (χ0n) is 21.0. The molecule has 0 fully saturated rings. The summed E-state index contributed by atoms with van der Waals surface area (Å²) in [5, 5.41) is 10.6. The maximum absolute atomic E-state index is 12.8. The Bertz CT molecular complexity index is 869. The van der Waals surface area contributed by atoms with Crippen molar-refractivity contribution in [2.45, 2.75) is 104 Å². The number of aliphatic hydroxyl groups excluding tert-OH is 1. The van der Waals surface area contributed by atoms with Gasteiger partial charge in [0.05, 0.1) is 5.70 Å². The maximum Gasteiger partial charge on any atom is 0.272 e. The van der Waals surface area contributed by atoms with Crippen LogP contribution in [0.25, 0.3) is 6.08 Å². The minimum atomic E-state index is -0.730. The molecule has 0 aliphatic carbocycles. The summed E-state index contributed by atoms with van der Waals surface area (Å²) < 4.78 is 0. The van der Waals surface area contributed by atoms with E-state index >= 15 is 0 Å². The Balaban J connectivity index is 1.75. The molecule has 5 nitrogen and oxygen atoms in total. The van der Waals surface area contributed by atoms with Crippen LogP contribution < -0.4 is 0 Å². The number of Topliss-reactive ketones (excluding diaryl/α,β-unsaturated/α-hetero) is 1. The van der Waals surface area contributed by atoms with Crippen molar-refractivity contribution in [3.05, 3.63) is 52.9 Å². The van der Waals surface area contributed by atoms with Crippen LogP contribution in [-0.2, 0) is 14.4 Å². The van der Waals surface area contributed by atoms with Gasteiger partial charge in [-0.05, 0) is 18.1 Å². The Morgan fingerprint density at radius 1 is 0.824 bits per heavy atom. The first-order valence-electron chi connectivity index (χ1n) is 13.1. The Labute approximate surface area is 204 Å². The minimum absolute atomic E-state index is 0.0670. The van der Waals surface area contributed by atoms with E-state index < -0.39 is 23.4 Å². The molecule has 1 N–H and O–H groups in total. The van der Waals surface area contributed by atoms with Gasteiger partial charge in [0.1, 0.15) is 5.57 Å². The molecule has 0 atom stereocenters. The van der Waals surface area contributed by atoms with Gasteiger partial charge in [-0.2, -0.15) is 0 Å². The van der Waals surface area contributed by atoms with Crippen LogP contribution in [0.3, 0.4) is 0 Å². The highest BCUT2D eigenvalue weighted by Crippen LogP contribution is 2.31. The van der Waals surface area contributed by atoms with Crippen LogP contribution >= 0.6 is 0 Å². The highest BCUT2D eigenvalue weighted by Gasteiger charge is 2.40. The van der Waals surface area contributed by atoms with Gasteiger partial charge in [0.25, 0.3) is 5.91 Å². The first kappa shape index (κ1) is 27.6. The summed E-state index contributed by atoms with van der Waals surface area (Å²) in [5.74, 6) is -2.05. The van der Waals surface area contributed by atoms with Crippen LogP contribution in [0.2, 0.25) is 0 Å². The van der Waals surface area contributed by atoms with Crippen molar-refractivity contribution in [3.63, 3.8) is 0 Å². The normalized spacial score (nSPS) is 14.9. The van der Waals surface area contributed by atoms with Crippen LogP contribution in [0, 0.1) is 0 Å². The first-order chi connectivity index (χ1) is 16.5.